The number of pyridine rings is 1. The fourth-order valence-corrected chi connectivity index (χ4v) is 1.71. The molecule has 1 fully saturated rings. The summed E-state index contributed by atoms with van der Waals surface area (Å²) >= 11 is 2.44. The van der Waals surface area contributed by atoms with Crippen molar-refractivity contribution in [1.29, 1.82) is 0 Å². The van der Waals surface area contributed by atoms with Crippen molar-refractivity contribution in [2.24, 2.45) is 5.92 Å². The van der Waals surface area contributed by atoms with Crippen LogP contribution >= 0.6 is 22.6 Å². The molecule has 0 amide bonds. The van der Waals surface area contributed by atoms with Crippen molar-refractivity contribution in [2.45, 2.75) is 19.8 Å². The van der Waals surface area contributed by atoms with Gasteiger partial charge >= 0.3 is 0 Å². The Labute approximate surface area is 91.9 Å². The van der Waals surface area contributed by atoms with E-state index in [4.69, 9.17) is 0 Å². The lowest BCUT2D eigenvalue weighted by molar-refractivity contribution is 1.02. The second-order valence-corrected chi connectivity index (χ2v) is 4.18. The van der Waals surface area contributed by atoms with Gasteiger partial charge in [-0.15, -0.1) is 0 Å². The van der Waals surface area contributed by atoms with Crippen molar-refractivity contribution in [3.8, 4) is 0 Å². The van der Waals surface area contributed by atoms with Crippen LogP contribution in [-0.2, 0) is 0 Å². The standard InChI is InChI=1S/C6H7NO.C4H7I/c1-5-3-2-4-6(8)7-5;5-3-4-1-2-4/h2-4H,1H3,(H,7,8);4H,1-3H2. The Kier molecular flexibility index (Phi) is 4.48. The molecule has 1 aromatic heterocycles. The predicted molar refractivity (Wildman–Crippen MR) is 63.4 cm³/mol. The first-order valence-corrected chi connectivity index (χ1v) is 5.97. The number of aromatic amines is 1. The molecule has 1 aliphatic carbocycles. The quantitative estimate of drug-likeness (QED) is 0.626. The highest BCUT2D eigenvalue weighted by Crippen LogP contribution is 2.30. The lowest BCUT2D eigenvalue weighted by atomic mass is 10.4. The van der Waals surface area contributed by atoms with E-state index in [0.717, 1.165) is 11.6 Å². The van der Waals surface area contributed by atoms with E-state index >= 15 is 0 Å². The fourth-order valence-electron chi connectivity index (χ4n) is 0.830. The molecule has 1 aliphatic rings. The molecule has 0 radical (unpaired) electrons. The number of halogens is 1. The molecule has 13 heavy (non-hydrogen) atoms. The molecule has 3 heteroatoms. The topological polar surface area (TPSA) is 32.9 Å². The summed E-state index contributed by atoms with van der Waals surface area (Å²) in [6, 6.07) is 5.07. The summed E-state index contributed by atoms with van der Waals surface area (Å²) in [4.78, 5) is 13.0. The molecule has 1 saturated carbocycles. The molecule has 0 saturated heterocycles. The molecule has 72 valence electrons. The minimum absolute atomic E-state index is 0.0370. The van der Waals surface area contributed by atoms with E-state index in [0.29, 0.717) is 0 Å². The number of rotatable bonds is 1. The highest BCUT2D eigenvalue weighted by Gasteiger charge is 2.18. The Morgan fingerprint density at radius 3 is 2.46 bits per heavy atom. The summed E-state index contributed by atoms with van der Waals surface area (Å²) in [5, 5.41) is 0. The highest BCUT2D eigenvalue weighted by molar-refractivity contribution is 14.1. The number of aryl methyl sites for hydroxylation is 1. The Hall–Kier alpha value is -0.320. The number of nitrogens with one attached hydrogen (secondary N) is 1. The highest BCUT2D eigenvalue weighted by atomic mass is 127. The second-order valence-electron chi connectivity index (χ2n) is 3.30. The third-order valence-electron chi connectivity index (χ3n) is 1.83. The van der Waals surface area contributed by atoms with Crippen LogP contribution in [0, 0.1) is 12.8 Å². The molecule has 0 aromatic carbocycles. The van der Waals surface area contributed by atoms with E-state index in [1.54, 1.807) is 6.07 Å². The maximum atomic E-state index is 10.4. The van der Waals surface area contributed by atoms with Crippen LogP contribution in [0.4, 0.5) is 0 Å². The minimum Gasteiger partial charge on any atom is -0.327 e. The first kappa shape index (κ1) is 10.8. The number of H-pyrrole nitrogens is 1. The van der Waals surface area contributed by atoms with E-state index in [9.17, 15) is 4.79 Å². The largest absolute Gasteiger partial charge is 0.327 e. The number of alkyl halides is 1. The second kappa shape index (κ2) is 5.42. The molecular formula is C10H14INO. The van der Waals surface area contributed by atoms with E-state index in [-0.39, 0.29) is 5.56 Å². The zero-order chi connectivity index (χ0) is 9.68. The maximum absolute atomic E-state index is 10.4. The molecule has 0 bridgehead atoms. The Bertz CT molecular complexity index is 304. The van der Waals surface area contributed by atoms with Gasteiger partial charge < -0.3 is 4.98 Å². The third-order valence-corrected chi connectivity index (χ3v) is 3.07. The number of aromatic nitrogens is 1. The van der Waals surface area contributed by atoms with Gasteiger partial charge in [0.15, 0.2) is 0 Å². The minimum atomic E-state index is -0.0370. The lowest BCUT2D eigenvalue weighted by Crippen LogP contribution is -2.02. The normalized spacial score (nSPS) is 14.6. The Morgan fingerprint density at radius 2 is 2.23 bits per heavy atom. The SMILES string of the molecule is Cc1cccc(=O)[nH]1.ICC1CC1. The molecule has 0 unspecified atom stereocenters. The Morgan fingerprint density at radius 1 is 1.54 bits per heavy atom. The number of hydrogen-bond acceptors (Lipinski definition) is 1. The van der Waals surface area contributed by atoms with Gasteiger partial charge in [-0.25, -0.2) is 0 Å². The van der Waals surface area contributed by atoms with Crippen molar-refractivity contribution in [1.82, 2.24) is 4.98 Å². The monoisotopic (exact) mass is 291 g/mol. The van der Waals surface area contributed by atoms with E-state index in [1.165, 1.54) is 23.3 Å². The Balaban J connectivity index is 0.000000145. The van der Waals surface area contributed by atoms with E-state index in [2.05, 4.69) is 27.6 Å². The maximum Gasteiger partial charge on any atom is 0.248 e. The van der Waals surface area contributed by atoms with Gasteiger partial charge in [0.1, 0.15) is 0 Å². The summed E-state index contributed by atoms with van der Waals surface area (Å²) in [6.07, 6.45) is 3.01. The molecule has 2 rings (SSSR count). The average Bonchev–Trinajstić information content (AvgIpc) is 2.87. The summed E-state index contributed by atoms with van der Waals surface area (Å²) in [7, 11) is 0. The fraction of sp³-hybridized carbons (Fsp3) is 0.500. The summed E-state index contributed by atoms with van der Waals surface area (Å²) < 4.78 is 1.39. The third kappa shape index (κ3) is 5.08. The number of hydrogen-bond donors (Lipinski definition) is 1. The molecule has 1 heterocycles. The zero-order valence-electron chi connectivity index (χ0n) is 7.72. The molecule has 0 atom stereocenters. The van der Waals surface area contributed by atoms with E-state index < -0.39 is 0 Å². The van der Waals surface area contributed by atoms with Crippen molar-refractivity contribution in [3.63, 3.8) is 0 Å². The zero-order valence-corrected chi connectivity index (χ0v) is 9.87. The van der Waals surface area contributed by atoms with Crippen LogP contribution < -0.4 is 5.56 Å². The van der Waals surface area contributed by atoms with Gasteiger partial charge in [0.2, 0.25) is 5.56 Å². The van der Waals surface area contributed by atoms with Gasteiger partial charge in [0.05, 0.1) is 0 Å². The van der Waals surface area contributed by atoms with Crippen LogP contribution in [-0.4, -0.2) is 9.41 Å². The van der Waals surface area contributed by atoms with Gasteiger partial charge in [-0.1, -0.05) is 28.7 Å². The van der Waals surface area contributed by atoms with Crippen LogP contribution in [0.2, 0.25) is 0 Å². The molecule has 1 aromatic rings. The molecule has 2 nitrogen and oxygen atoms in total. The van der Waals surface area contributed by atoms with Gasteiger partial charge in [0.25, 0.3) is 0 Å². The van der Waals surface area contributed by atoms with Crippen molar-refractivity contribution < 1.29 is 0 Å². The van der Waals surface area contributed by atoms with Crippen molar-refractivity contribution in [3.05, 3.63) is 34.2 Å². The summed E-state index contributed by atoms with van der Waals surface area (Å²) in [5.74, 6) is 1.12. The van der Waals surface area contributed by atoms with Gasteiger partial charge in [0, 0.05) is 16.2 Å². The van der Waals surface area contributed by atoms with Gasteiger partial charge in [-0.3, -0.25) is 4.79 Å². The lowest BCUT2D eigenvalue weighted by Gasteiger charge is -1.84. The molecule has 0 spiro atoms. The van der Waals surface area contributed by atoms with Gasteiger partial charge in [-0.2, -0.15) is 0 Å². The van der Waals surface area contributed by atoms with Crippen LogP contribution in [0.25, 0.3) is 0 Å². The molecular weight excluding hydrogens is 277 g/mol. The smallest absolute Gasteiger partial charge is 0.248 e. The van der Waals surface area contributed by atoms with Crippen molar-refractivity contribution >= 4 is 22.6 Å². The van der Waals surface area contributed by atoms with E-state index in [1.807, 2.05) is 13.0 Å². The predicted octanol–water partition coefficient (Wildman–Crippen LogP) is 2.51. The molecule has 0 aliphatic heterocycles. The average molecular weight is 291 g/mol. The van der Waals surface area contributed by atoms with Crippen molar-refractivity contribution in [2.75, 3.05) is 4.43 Å². The van der Waals surface area contributed by atoms with Crippen LogP contribution in [0.3, 0.4) is 0 Å². The first-order valence-electron chi connectivity index (χ1n) is 4.44. The van der Waals surface area contributed by atoms with Gasteiger partial charge in [-0.05, 0) is 31.7 Å². The molecule has 1 N–H and O–H groups in total. The van der Waals surface area contributed by atoms with Crippen LogP contribution in [0.15, 0.2) is 23.0 Å². The summed E-state index contributed by atoms with van der Waals surface area (Å²) in [5.41, 5.74) is 0.863. The van der Waals surface area contributed by atoms with Crippen LogP contribution in [0.1, 0.15) is 18.5 Å². The first-order chi connectivity index (χ1) is 6.22. The van der Waals surface area contributed by atoms with Crippen LogP contribution in [0.5, 0.6) is 0 Å². The summed E-state index contributed by atoms with van der Waals surface area (Å²) in [6.45, 7) is 1.85.